The van der Waals surface area contributed by atoms with E-state index >= 15 is 0 Å². The van der Waals surface area contributed by atoms with Crippen molar-refractivity contribution in [3.8, 4) is 0 Å². The molecule has 148 valence electrons. The summed E-state index contributed by atoms with van der Waals surface area (Å²) < 4.78 is 5.38. The molecular formula is C22H26N2O4. The van der Waals surface area contributed by atoms with Crippen molar-refractivity contribution in [1.82, 2.24) is 9.80 Å². The van der Waals surface area contributed by atoms with Gasteiger partial charge in [-0.2, -0.15) is 0 Å². The number of ether oxygens (including phenoxy) is 1. The zero-order valence-electron chi connectivity index (χ0n) is 16.2. The number of aliphatic hydroxyl groups excluding tert-OH is 1. The van der Waals surface area contributed by atoms with Gasteiger partial charge in [-0.05, 0) is 24.5 Å². The van der Waals surface area contributed by atoms with Gasteiger partial charge in [-0.3, -0.25) is 9.69 Å². The lowest BCUT2D eigenvalue weighted by atomic mass is 10.1. The second-order valence-corrected chi connectivity index (χ2v) is 7.21. The van der Waals surface area contributed by atoms with Crippen LogP contribution in [-0.4, -0.2) is 52.6 Å². The molecule has 0 aromatic heterocycles. The van der Waals surface area contributed by atoms with Gasteiger partial charge in [-0.15, -0.1) is 0 Å². The molecule has 2 aromatic carbocycles. The van der Waals surface area contributed by atoms with Crippen molar-refractivity contribution in [2.45, 2.75) is 38.6 Å². The first-order valence-electron chi connectivity index (χ1n) is 9.41. The molecule has 3 rings (SSSR count). The van der Waals surface area contributed by atoms with Crippen LogP contribution in [0.25, 0.3) is 0 Å². The van der Waals surface area contributed by atoms with Crippen molar-refractivity contribution in [2.75, 3.05) is 13.6 Å². The Morgan fingerprint density at radius 1 is 1.11 bits per heavy atom. The predicted molar refractivity (Wildman–Crippen MR) is 105 cm³/mol. The van der Waals surface area contributed by atoms with Gasteiger partial charge < -0.3 is 14.7 Å². The number of rotatable bonds is 5. The summed E-state index contributed by atoms with van der Waals surface area (Å²) >= 11 is 0. The van der Waals surface area contributed by atoms with E-state index < -0.39 is 18.2 Å². The molecule has 0 saturated carbocycles. The number of aliphatic hydroxyl groups is 1. The Hall–Kier alpha value is -2.86. The molecule has 0 aliphatic carbocycles. The molecule has 6 nitrogen and oxygen atoms in total. The van der Waals surface area contributed by atoms with Crippen molar-refractivity contribution >= 4 is 12.0 Å². The Bertz CT molecular complexity index is 807. The minimum absolute atomic E-state index is 0.131. The second kappa shape index (κ2) is 8.89. The van der Waals surface area contributed by atoms with Crippen molar-refractivity contribution in [2.24, 2.45) is 0 Å². The molecule has 28 heavy (non-hydrogen) atoms. The van der Waals surface area contributed by atoms with Gasteiger partial charge in [0.15, 0.2) is 0 Å². The molecule has 0 bridgehead atoms. The molecule has 6 heteroatoms. The van der Waals surface area contributed by atoms with Crippen LogP contribution in [-0.2, 0) is 22.7 Å². The molecule has 0 spiro atoms. The third kappa shape index (κ3) is 4.70. The van der Waals surface area contributed by atoms with Crippen LogP contribution in [0.15, 0.2) is 54.6 Å². The zero-order valence-corrected chi connectivity index (χ0v) is 16.2. The number of likely N-dealkylation sites (N-methyl/N-ethyl adjacent to an activating group) is 1. The van der Waals surface area contributed by atoms with Gasteiger partial charge in [0.2, 0.25) is 5.91 Å². The number of hydrogen-bond donors (Lipinski definition) is 1. The lowest BCUT2D eigenvalue weighted by Crippen LogP contribution is -2.50. The maximum absolute atomic E-state index is 12.9. The van der Waals surface area contributed by atoms with Crippen molar-refractivity contribution in [3.63, 3.8) is 0 Å². The van der Waals surface area contributed by atoms with Crippen molar-refractivity contribution in [3.05, 3.63) is 71.3 Å². The number of aryl methyl sites for hydroxylation is 1. The van der Waals surface area contributed by atoms with Gasteiger partial charge in [-0.25, -0.2) is 4.79 Å². The summed E-state index contributed by atoms with van der Waals surface area (Å²) in [5.41, 5.74) is 2.99. The summed E-state index contributed by atoms with van der Waals surface area (Å²) in [4.78, 5) is 28.3. The van der Waals surface area contributed by atoms with Crippen LogP contribution in [0, 0.1) is 6.92 Å². The second-order valence-electron chi connectivity index (χ2n) is 7.21. The highest BCUT2D eigenvalue weighted by Crippen LogP contribution is 2.22. The minimum Gasteiger partial charge on any atom is -0.445 e. The van der Waals surface area contributed by atoms with Crippen molar-refractivity contribution < 1.29 is 19.4 Å². The Labute approximate surface area is 165 Å². The monoisotopic (exact) mass is 382 g/mol. The molecule has 0 radical (unpaired) electrons. The lowest BCUT2D eigenvalue weighted by molar-refractivity contribution is -0.137. The number of nitrogens with zero attached hydrogens (tertiary/aromatic N) is 2. The molecule has 1 aliphatic heterocycles. The van der Waals surface area contributed by atoms with E-state index in [4.69, 9.17) is 4.74 Å². The largest absolute Gasteiger partial charge is 0.445 e. The summed E-state index contributed by atoms with van der Waals surface area (Å²) in [5.74, 6) is -0.291. The Balaban J connectivity index is 1.62. The van der Waals surface area contributed by atoms with Crippen LogP contribution in [0.5, 0.6) is 0 Å². The van der Waals surface area contributed by atoms with Gasteiger partial charge in [0.25, 0.3) is 0 Å². The highest BCUT2D eigenvalue weighted by molar-refractivity contribution is 5.86. The average Bonchev–Trinajstić information content (AvgIpc) is 3.09. The van der Waals surface area contributed by atoms with Gasteiger partial charge in [0.05, 0.1) is 6.10 Å². The van der Waals surface area contributed by atoms with Crippen molar-refractivity contribution in [1.29, 1.82) is 0 Å². The van der Waals surface area contributed by atoms with E-state index in [0.29, 0.717) is 19.5 Å². The molecule has 1 saturated heterocycles. The van der Waals surface area contributed by atoms with E-state index in [-0.39, 0.29) is 12.5 Å². The molecule has 1 heterocycles. The van der Waals surface area contributed by atoms with E-state index in [1.807, 2.05) is 61.5 Å². The minimum atomic E-state index is -0.917. The van der Waals surface area contributed by atoms with Crippen LogP contribution in [0.2, 0.25) is 0 Å². The number of carbonyl (C=O) groups excluding carboxylic acids is 2. The van der Waals surface area contributed by atoms with E-state index in [2.05, 4.69) is 0 Å². The summed E-state index contributed by atoms with van der Waals surface area (Å²) in [6, 6.07) is 16.4. The Morgan fingerprint density at radius 2 is 1.79 bits per heavy atom. The fourth-order valence-corrected chi connectivity index (χ4v) is 3.35. The molecule has 1 fully saturated rings. The quantitative estimate of drug-likeness (QED) is 0.863. The summed E-state index contributed by atoms with van der Waals surface area (Å²) in [5, 5.41) is 10.3. The third-order valence-corrected chi connectivity index (χ3v) is 4.98. The SMILES string of the molecule is Cc1ccc(COC(=O)N2CCC(O)[C@H]2C(=O)N(C)Cc2ccccc2)cc1. The van der Waals surface area contributed by atoms with Crippen LogP contribution >= 0.6 is 0 Å². The molecule has 1 unspecified atom stereocenters. The number of benzene rings is 2. The molecule has 2 atom stereocenters. The van der Waals surface area contributed by atoms with Gasteiger partial charge in [-0.1, -0.05) is 60.2 Å². The molecular weight excluding hydrogens is 356 g/mol. The maximum atomic E-state index is 12.9. The third-order valence-electron chi connectivity index (χ3n) is 4.98. The highest BCUT2D eigenvalue weighted by Gasteiger charge is 2.43. The number of likely N-dealkylation sites (tertiary alicyclic amines) is 1. The van der Waals surface area contributed by atoms with Crippen LogP contribution in [0.1, 0.15) is 23.1 Å². The van der Waals surface area contributed by atoms with E-state index in [1.165, 1.54) is 9.80 Å². The van der Waals surface area contributed by atoms with E-state index in [0.717, 1.165) is 16.7 Å². The Kier molecular flexibility index (Phi) is 6.31. The predicted octanol–water partition coefficient (Wildman–Crippen LogP) is 2.73. The normalized spacial score (nSPS) is 18.8. The van der Waals surface area contributed by atoms with E-state index in [9.17, 15) is 14.7 Å². The number of hydrogen-bond acceptors (Lipinski definition) is 4. The first kappa shape index (κ1) is 19.9. The Morgan fingerprint density at radius 3 is 2.46 bits per heavy atom. The lowest BCUT2D eigenvalue weighted by Gasteiger charge is -2.29. The molecule has 2 amide bonds. The van der Waals surface area contributed by atoms with E-state index in [1.54, 1.807) is 7.05 Å². The maximum Gasteiger partial charge on any atom is 0.410 e. The van der Waals surface area contributed by atoms with Crippen LogP contribution < -0.4 is 0 Å². The number of carbonyl (C=O) groups is 2. The zero-order chi connectivity index (χ0) is 20.1. The topological polar surface area (TPSA) is 70.1 Å². The average molecular weight is 382 g/mol. The fourth-order valence-electron chi connectivity index (χ4n) is 3.35. The first-order chi connectivity index (χ1) is 13.5. The van der Waals surface area contributed by atoms with Gasteiger partial charge in [0, 0.05) is 20.1 Å². The summed E-state index contributed by atoms with van der Waals surface area (Å²) in [7, 11) is 1.68. The molecule has 1 N–H and O–H groups in total. The van der Waals surface area contributed by atoms with Crippen LogP contribution in [0.3, 0.4) is 0 Å². The number of amides is 2. The van der Waals surface area contributed by atoms with Crippen LogP contribution in [0.4, 0.5) is 4.79 Å². The summed E-state index contributed by atoms with van der Waals surface area (Å²) in [6.45, 7) is 2.83. The molecule has 1 aliphatic rings. The highest BCUT2D eigenvalue weighted by atomic mass is 16.6. The van der Waals surface area contributed by atoms with Gasteiger partial charge >= 0.3 is 6.09 Å². The van der Waals surface area contributed by atoms with Gasteiger partial charge in [0.1, 0.15) is 12.6 Å². The first-order valence-corrected chi connectivity index (χ1v) is 9.41. The summed E-state index contributed by atoms with van der Waals surface area (Å²) in [6.07, 6.45) is -1.11. The fraction of sp³-hybridized carbons (Fsp3) is 0.364. The standard InChI is InChI=1S/C22H26N2O4/c1-16-8-10-18(11-9-16)15-28-22(27)24-13-12-19(25)20(24)21(26)23(2)14-17-6-4-3-5-7-17/h3-11,19-20,25H,12-15H2,1-2H3/t19?,20-/m0/s1. The molecule has 2 aromatic rings. The smallest absolute Gasteiger partial charge is 0.410 e.